The van der Waals surface area contributed by atoms with E-state index in [1.54, 1.807) is 48.5 Å². The molecule has 0 aliphatic carbocycles. The number of sulfonamides is 1. The lowest BCUT2D eigenvalue weighted by Crippen LogP contribution is -2.38. The largest absolute Gasteiger partial charge is 0.493 e. The normalized spacial score (nSPS) is 11.0. The monoisotopic (exact) mass is 566 g/mol. The number of carbonyl (C=O) groups excluding carboxylic acids is 1. The van der Waals surface area contributed by atoms with Crippen molar-refractivity contribution in [1.29, 1.82) is 0 Å². The fraction of sp³-hybridized carbons (Fsp3) is 0.138. The summed E-state index contributed by atoms with van der Waals surface area (Å²) in [4.78, 5) is 13.4. The Morgan fingerprint density at radius 1 is 0.846 bits per heavy atom. The molecule has 4 aromatic rings. The number of nitrogens with zero attached hydrogens (tertiary/aromatic N) is 1. The Hall–Kier alpha value is -4.21. The number of rotatable bonds is 10. The fourth-order valence-electron chi connectivity index (χ4n) is 3.76. The molecular weight excluding hydrogens is 540 g/mol. The molecule has 39 heavy (non-hydrogen) atoms. The summed E-state index contributed by atoms with van der Waals surface area (Å²) in [5.41, 5.74) is 1.41. The summed E-state index contributed by atoms with van der Waals surface area (Å²) >= 11 is 6.19. The molecule has 10 heteroatoms. The Morgan fingerprint density at radius 3 is 2.18 bits per heavy atom. The molecule has 4 aromatic carbocycles. The minimum atomic E-state index is -4.15. The van der Waals surface area contributed by atoms with Crippen molar-refractivity contribution in [2.24, 2.45) is 0 Å². The second-order valence-corrected chi connectivity index (χ2v) is 10.8. The molecule has 1 N–H and O–H groups in total. The molecule has 8 nitrogen and oxygen atoms in total. The number of amides is 1. The van der Waals surface area contributed by atoms with Crippen LogP contribution in [-0.4, -0.2) is 35.1 Å². The third-order valence-corrected chi connectivity index (χ3v) is 7.76. The van der Waals surface area contributed by atoms with Crippen LogP contribution < -0.4 is 23.8 Å². The number of nitrogens with one attached hydrogen (secondary N) is 1. The highest BCUT2D eigenvalue weighted by molar-refractivity contribution is 7.92. The summed E-state index contributed by atoms with van der Waals surface area (Å²) in [7, 11) is -1.23. The molecule has 4 rings (SSSR count). The van der Waals surface area contributed by atoms with Crippen molar-refractivity contribution in [1.82, 2.24) is 0 Å². The van der Waals surface area contributed by atoms with E-state index in [4.69, 9.17) is 25.8 Å². The summed E-state index contributed by atoms with van der Waals surface area (Å²) < 4.78 is 45.1. The summed E-state index contributed by atoms with van der Waals surface area (Å²) in [6.45, 7) is 1.32. The van der Waals surface area contributed by atoms with Gasteiger partial charge in [0.1, 0.15) is 12.3 Å². The molecule has 0 bridgehead atoms. The smallest absolute Gasteiger partial charge is 0.264 e. The standard InChI is InChI=1S/C29H27ClN2O6S/c1-20-9-13-24(14-10-20)39(34,35)32(22-12-16-27(36-2)28(18-22)37-3)19-29(33)31-25-17-21(30)11-15-26(25)38-23-7-5-4-6-8-23/h4-18H,19H2,1-3H3,(H,31,33). The van der Waals surface area contributed by atoms with E-state index in [0.717, 1.165) is 9.87 Å². The van der Waals surface area contributed by atoms with Gasteiger partial charge in [-0.3, -0.25) is 9.10 Å². The van der Waals surface area contributed by atoms with Crippen molar-refractivity contribution in [3.8, 4) is 23.0 Å². The topological polar surface area (TPSA) is 94.2 Å². The van der Waals surface area contributed by atoms with Gasteiger partial charge in [0, 0.05) is 11.1 Å². The van der Waals surface area contributed by atoms with E-state index in [1.807, 2.05) is 25.1 Å². The Balaban J connectivity index is 1.69. The van der Waals surface area contributed by atoms with Gasteiger partial charge in [-0.05, 0) is 61.5 Å². The van der Waals surface area contributed by atoms with Gasteiger partial charge in [0.2, 0.25) is 5.91 Å². The van der Waals surface area contributed by atoms with E-state index in [-0.39, 0.29) is 16.3 Å². The van der Waals surface area contributed by atoms with Gasteiger partial charge in [-0.2, -0.15) is 0 Å². The van der Waals surface area contributed by atoms with Crippen LogP contribution in [-0.2, 0) is 14.8 Å². The molecule has 1 amide bonds. The first kappa shape index (κ1) is 27.8. The Labute approximate surface area is 232 Å². The maximum atomic E-state index is 13.8. The molecule has 0 saturated carbocycles. The van der Waals surface area contributed by atoms with E-state index >= 15 is 0 Å². The van der Waals surface area contributed by atoms with Crippen molar-refractivity contribution in [2.75, 3.05) is 30.4 Å². The van der Waals surface area contributed by atoms with Crippen LogP contribution in [0.1, 0.15) is 5.56 Å². The number of hydrogen-bond donors (Lipinski definition) is 1. The van der Waals surface area contributed by atoms with Crippen LogP contribution in [0.5, 0.6) is 23.0 Å². The van der Waals surface area contributed by atoms with E-state index < -0.39 is 22.5 Å². The highest BCUT2D eigenvalue weighted by atomic mass is 35.5. The molecule has 0 heterocycles. The van der Waals surface area contributed by atoms with Crippen LogP contribution >= 0.6 is 11.6 Å². The van der Waals surface area contributed by atoms with Gasteiger partial charge in [0.25, 0.3) is 10.0 Å². The van der Waals surface area contributed by atoms with E-state index in [1.165, 1.54) is 38.5 Å². The first-order valence-electron chi connectivity index (χ1n) is 11.8. The zero-order valence-corrected chi connectivity index (χ0v) is 23.1. The van der Waals surface area contributed by atoms with Crippen LogP contribution in [0, 0.1) is 6.92 Å². The second-order valence-electron chi connectivity index (χ2n) is 8.47. The van der Waals surface area contributed by atoms with Crippen molar-refractivity contribution >= 4 is 38.9 Å². The molecule has 0 saturated heterocycles. The molecule has 0 aromatic heterocycles. The number of hydrogen-bond acceptors (Lipinski definition) is 6. The summed E-state index contributed by atoms with van der Waals surface area (Å²) in [5, 5.41) is 3.12. The fourth-order valence-corrected chi connectivity index (χ4v) is 5.34. The van der Waals surface area contributed by atoms with Crippen molar-refractivity contribution in [3.63, 3.8) is 0 Å². The number of carbonyl (C=O) groups is 1. The third kappa shape index (κ3) is 6.63. The van der Waals surface area contributed by atoms with Gasteiger partial charge in [-0.1, -0.05) is 47.5 Å². The molecule has 202 valence electrons. The van der Waals surface area contributed by atoms with Gasteiger partial charge in [-0.25, -0.2) is 8.42 Å². The lowest BCUT2D eigenvalue weighted by atomic mass is 10.2. The van der Waals surface area contributed by atoms with Gasteiger partial charge in [0.05, 0.1) is 30.5 Å². The number of anilines is 2. The van der Waals surface area contributed by atoms with Crippen LogP contribution in [0.15, 0.2) is 95.9 Å². The molecule has 0 aliphatic heterocycles. The molecule has 0 radical (unpaired) electrons. The Bertz CT molecular complexity index is 1560. The quantitative estimate of drug-likeness (QED) is 0.242. The maximum Gasteiger partial charge on any atom is 0.264 e. The van der Waals surface area contributed by atoms with Crippen molar-refractivity contribution in [3.05, 3.63) is 102 Å². The first-order chi connectivity index (χ1) is 18.7. The Morgan fingerprint density at radius 2 is 1.51 bits per heavy atom. The lowest BCUT2D eigenvalue weighted by Gasteiger charge is -2.25. The number of para-hydroxylation sites is 1. The lowest BCUT2D eigenvalue weighted by molar-refractivity contribution is -0.114. The SMILES string of the molecule is COc1ccc(N(CC(=O)Nc2cc(Cl)ccc2Oc2ccccc2)S(=O)(=O)c2ccc(C)cc2)cc1OC. The zero-order valence-electron chi connectivity index (χ0n) is 21.6. The van der Waals surface area contributed by atoms with Crippen molar-refractivity contribution < 1.29 is 27.4 Å². The highest BCUT2D eigenvalue weighted by Gasteiger charge is 2.28. The number of halogens is 1. The molecule has 0 spiro atoms. The van der Waals surface area contributed by atoms with Crippen LogP contribution in [0.3, 0.4) is 0 Å². The van der Waals surface area contributed by atoms with Gasteiger partial charge in [-0.15, -0.1) is 0 Å². The predicted octanol–water partition coefficient (Wildman–Crippen LogP) is 6.29. The van der Waals surface area contributed by atoms with Gasteiger partial charge < -0.3 is 19.5 Å². The molecule has 0 aliphatic rings. The second kappa shape index (κ2) is 12.1. The zero-order chi connectivity index (χ0) is 28.0. The first-order valence-corrected chi connectivity index (χ1v) is 13.7. The van der Waals surface area contributed by atoms with Crippen LogP contribution in [0.4, 0.5) is 11.4 Å². The Kier molecular flexibility index (Phi) is 8.63. The third-order valence-electron chi connectivity index (χ3n) is 5.74. The van der Waals surface area contributed by atoms with Crippen LogP contribution in [0.25, 0.3) is 0 Å². The van der Waals surface area contributed by atoms with Gasteiger partial charge >= 0.3 is 0 Å². The average molecular weight is 567 g/mol. The molecule has 0 fully saturated rings. The molecule has 0 unspecified atom stereocenters. The van der Waals surface area contributed by atoms with Gasteiger partial charge in [0.15, 0.2) is 17.2 Å². The summed E-state index contributed by atoms with van der Waals surface area (Å²) in [5.74, 6) is 1.02. The maximum absolute atomic E-state index is 13.8. The molecular formula is C29H27ClN2O6S. The van der Waals surface area contributed by atoms with E-state index in [2.05, 4.69) is 5.32 Å². The summed E-state index contributed by atoms with van der Waals surface area (Å²) in [6.07, 6.45) is 0. The summed E-state index contributed by atoms with van der Waals surface area (Å²) in [6, 6.07) is 24.8. The molecule has 0 atom stereocenters. The van der Waals surface area contributed by atoms with E-state index in [0.29, 0.717) is 28.0 Å². The highest BCUT2D eigenvalue weighted by Crippen LogP contribution is 2.35. The minimum absolute atomic E-state index is 0.0338. The van der Waals surface area contributed by atoms with Crippen LogP contribution in [0.2, 0.25) is 5.02 Å². The number of benzene rings is 4. The number of ether oxygens (including phenoxy) is 3. The van der Waals surface area contributed by atoms with Crippen molar-refractivity contribution in [2.45, 2.75) is 11.8 Å². The predicted molar refractivity (Wildman–Crippen MR) is 152 cm³/mol. The average Bonchev–Trinajstić information content (AvgIpc) is 2.93. The number of aryl methyl sites for hydroxylation is 1. The minimum Gasteiger partial charge on any atom is -0.493 e. The van der Waals surface area contributed by atoms with E-state index in [9.17, 15) is 13.2 Å². The number of methoxy groups -OCH3 is 2.